The second kappa shape index (κ2) is 4.89. The summed E-state index contributed by atoms with van der Waals surface area (Å²) in [5, 5.41) is 10.8. The van der Waals surface area contributed by atoms with Crippen molar-refractivity contribution in [3.05, 3.63) is 11.6 Å². The van der Waals surface area contributed by atoms with Crippen LogP contribution in [0.3, 0.4) is 0 Å². The minimum Gasteiger partial charge on any atom is -0.462 e. The predicted octanol–water partition coefficient (Wildman–Crippen LogP) is 3.58. The molecule has 0 aromatic carbocycles. The fourth-order valence-electron chi connectivity index (χ4n) is 7.29. The van der Waals surface area contributed by atoms with Gasteiger partial charge in [0, 0.05) is 18.8 Å². The van der Waals surface area contributed by atoms with Gasteiger partial charge < -0.3 is 14.6 Å². The molecule has 5 rings (SSSR count). The third-order valence-electron chi connectivity index (χ3n) is 8.77. The van der Waals surface area contributed by atoms with Crippen molar-refractivity contribution in [2.75, 3.05) is 0 Å². The van der Waals surface area contributed by atoms with Gasteiger partial charge in [-0.1, -0.05) is 25.5 Å². The second-order valence-corrected chi connectivity index (χ2v) is 9.73. The molecular formula is C21H30O4. The summed E-state index contributed by atoms with van der Waals surface area (Å²) in [6.45, 7) is 6.22. The van der Waals surface area contributed by atoms with Gasteiger partial charge in [0.25, 0.3) is 0 Å². The van der Waals surface area contributed by atoms with E-state index in [0.717, 1.165) is 38.5 Å². The Morgan fingerprint density at radius 3 is 2.84 bits per heavy atom. The highest BCUT2D eigenvalue weighted by atomic mass is 16.7. The van der Waals surface area contributed by atoms with Crippen molar-refractivity contribution in [3.63, 3.8) is 0 Å². The Morgan fingerprint density at radius 1 is 1.28 bits per heavy atom. The molecule has 1 heterocycles. The van der Waals surface area contributed by atoms with Crippen molar-refractivity contribution >= 4 is 5.97 Å². The van der Waals surface area contributed by atoms with Crippen molar-refractivity contribution in [1.29, 1.82) is 0 Å². The number of allylic oxidation sites excluding steroid dienone is 1. The molecule has 138 valence electrons. The van der Waals surface area contributed by atoms with Crippen LogP contribution in [0.2, 0.25) is 0 Å². The molecule has 0 radical (unpaired) electrons. The van der Waals surface area contributed by atoms with Gasteiger partial charge >= 0.3 is 5.97 Å². The molecule has 3 saturated carbocycles. The van der Waals surface area contributed by atoms with Gasteiger partial charge in [-0.3, -0.25) is 4.79 Å². The predicted molar refractivity (Wildman–Crippen MR) is 92.5 cm³/mol. The van der Waals surface area contributed by atoms with Gasteiger partial charge in [-0.25, -0.2) is 0 Å². The van der Waals surface area contributed by atoms with Gasteiger partial charge in [0.15, 0.2) is 5.79 Å². The lowest BCUT2D eigenvalue weighted by Crippen LogP contribution is -2.53. The van der Waals surface area contributed by atoms with Crippen LogP contribution < -0.4 is 0 Å². The van der Waals surface area contributed by atoms with E-state index >= 15 is 0 Å². The average Bonchev–Trinajstić information content (AvgIpc) is 3.16. The molecule has 0 aromatic rings. The van der Waals surface area contributed by atoms with E-state index in [0.29, 0.717) is 17.8 Å². The first-order valence-electron chi connectivity index (χ1n) is 10.0. The quantitative estimate of drug-likeness (QED) is 0.448. The van der Waals surface area contributed by atoms with Gasteiger partial charge in [0.1, 0.15) is 12.2 Å². The summed E-state index contributed by atoms with van der Waals surface area (Å²) in [6, 6.07) is 0. The zero-order valence-corrected chi connectivity index (χ0v) is 15.6. The molecule has 1 aliphatic heterocycles. The van der Waals surface area contributed by atoms with Crippen LogP contribution in [-0.4, -0.2) is 29.1 Å². The maximum Gasteiger partial charge on any atom is 0.302 e. The van der Waals surface area contributed by atoms with E-state index in [1.54, 1.807) is 0 Å². The minimum absolute atomic E-state index is 0.0600. The van der Waals surface area contributed by atoms with Crippen LogP contribution in [0.5, 0.6) is 0 Å². The number of rotatable bonds is 1. The lowest BCUT2D eigenvalue weighted by Gasteiger charge is -2.58. The zero-order valence-electron chi connectivity index (χ0n) is 15.6. The third kappa shape index (κ3) is 1.98. The number of aliphatic hydroxyl groups is 1. The van der Waals surface area contributed by atoms with E-state index in [4.69, 9.17) is 9.47 Å². The first kappa shape index (κ1) is 16.3. The fraction of sp³-hybridized carbons (Fsp3) is 0.857. The van der Waals surface area contributed by atoms with Crippen molar-refractivity contribution < 1.29 is 19.4 Å². The number of esters is 1. The van der Waals surface area contributed by atoms with Gasteiger partial charge in [0.05, 0.1) is 0 Å². The number of ether oxygens (including phenoxy) is 2. The Balaban J connectivity index is 1.42. The van der Waals surface area contributed by atoms with E-state index in [1.165, 1.54) is 18.9 Å². The molecule has 25 heavy (non-hydrogen) atoms. The molecule has 4 heteroatoms. The Morgan fingerprint density at radius 2 is 2.08 bits per heavy atom. The third-order valence-corrected chi connectivity index (χ3v) is 8.77. The highest BCUT2D eigenvalue weighted by Gasteiger charge is 2.77. The minimum atomic E-state index is -0.833. The summed E-state index contributed by atoms with van der Waals surface area (Å²) >= 11 is 0. The Kier molecular flexibility index (Phi) is 3.19. The number of carbonyl (C=O) groups excluding carboxylic acids is 1. The van der Waals surface area contributed by atoms with Crippen LogP contribution in [-0.2, 0) is 14.3 Å². The van der Waals surface area contributed by atoms with E-state index in [2.05, 4.69) is 19.9 Å². The zero-order chi connectivity index (χ0) is 17.6. The Labute approximate surface area is 150 Å². The Bertz CT molecular complexity index is 656. The van der Waals surface area contributed by atoms with Crippen molar-refractivity contribution in [2.45, 2.75) is 83.7 Å². The van der Waals surface area contributed by atoms with Crippen molar-refractivity contribution in [1.82, 2.24) is 0 Å². The highest BCUT2D eigenvalue weighted by Crippen LogP contribution is 2.72. The van der Waals surface area contributed by atoms with E-state index in [9.17, 15) is 9.90 Å². The first-order valence-corrected chi connectivity index (χ1v) is 10.0. The summed E-state index contributed by atoms with van der Waals surface area (Å²) in [5.74, 6) is 0.953. The topological polar surface area (TPSA) is 59.1 Å². The molecular weight excluding hydrogens is 316 g/mol. The summed E-state index contributed by atoms with van der Waals surface area (Å²) in [4.78, 5) is 11.3. The molecule has 1 N–H and O–H groups in total. The van der Waals surface area contributed by atoms with Crippen LogP contribution in [0.25, 0.3) is 0 Å². The van der Waals surface area contributed by atoms with Crippen LogP contribution in [0.15, 0.2) is 11.6 Å². The first-order chi connectivity index (χ1) is 11.8. The van der Waals surface area contributed by atoms with Crippen LogP contribution in [0.1, 0.15) is 65.7 Å². The van der Waals surface area contributed by atoms with Crippen LogP contribution in [0, 0.1) is 28.6 Å². The molecule has 4 aliphatic carbocycles. The Hall–Kier alpha value is -0.870. The van der Waals surface area contributed by atoms with Gasteiger partial charge in [-0.05, 0) is 61.7 Å². The summed E-state index contributed by atoms with van der Waals surface area (Å²) < 4.78 is 11.2. The molecule has 4 nitrogen and oxygen atoms in total. The van der Waals surface area contributed by atoms with Gasteiger partial charge in [0.2, 0.25) is 0 Å². The molecule has 4 fully saturated rings. The molecule has 0 bridgehead atoms. The summed E-state index contributed by atoms with van der Waals surface area (Å²) in [7, 11) is 0. The van der Waals surface area contributed by atoms with Crippen molar-refractivity contribution in [2.24, 2.45) is 28.6 Å². The number of epoxide rings is 1. The smallest absolute Gasteiger partial charge is 0.302 e. The maximum atomic E-state index is 11.3. The molecule has 1 saturated heterocycles. The molecule has 0 aromatic heterocycles. The summed E-state index contributed by atoms with van der Waals surface area (Å²) in [6.07, 6.45) is 10.0. The SMILES string of the molecule is CC(=O)OC1CC[C@@]2(C)C(=CCC3C2CC[C@@]2(C)C3C[C@H]3O[C@]32O)C1. The maximum absolute atomic E-state index is 11.3. The monoisotopic (exact) mass is 346 g/mol. The fourth-order valence-corrected chi connectivity index (χ4v) is 7.29. The standard InChI is InChI=1S/C21H30O4/c1-12(22)24-14-6-8-19(2)13(10-14)4-5-15-16(19)7-9-20(3)17(15)11-18-21(20,23)25-18/h4,14-18,23H,5-11H2,1-3H3/t14?,15?,16?,17?,18-,19+,20+,21-/m1/s1. The summed E-state index contributed by atoms with van der Waals surface area (Å²) in [5.41, 5.74) is 1.71. The molecule has 5 aliphatic rings. The molecule has 0 amide bonds. The normalized spacial score (nSPS) is 56.0. The molecule has 4 unspecified atom stereocenters. The van der Waals surface area contributed by atoms with Gasteiger partial charge in [-0.15, -0.1) is 0 Å². The molecule has 8 atom stereocenters. The van der Waals surface area contributed by atoms with E-state index < -0.39 is 5.79 Å². The average molecular weight is 346 g/mol. The second-order valence-electron chi connectivity index (χ2n) is 9.73. The highest BCUT2D eigenvalue weighted by molar-refractivity contribution is 5.66. The van der Waals surface area contributed by atoms with E-state index in [1.807, 2.05) is 0 Å². The number of hydrogen-bond acceptors (Lipinski definition) is 4. The van der Waals surface area contributed by atoms with Crippen LogP contribution >= 0.6 is 0 Å². The van der Waals surface area contributed by atoms with Crippen LogP contribution in [0.4, 0.5) is 0 Å². The number of hydrogen-bond donors (Lipinski definition) is 1. The largest absolute Gasteiger partial charge is 0.462 e. The number of fused-ring (bicyclic) bond motifs is 7. The van der Waals surface area contributed by atoms with Gasteiger partial charge in [-0.2, -0.15) is 0 Å². The van der Waals surface area contributed by atoms with Crippen molar-refractivity contribution in [3.8, 4) is 0 Å². The number of carbonyl (C=O) groups is 1. The lowest BCUT2D eigenvalue weighted by molar-refractivity contribution is -0.155. The molecule has 0 spiro atoms. The lowest BCUT2D eigenvalue weighted by atomic mass is 9.47. The van der Waals surface area contributed by atoms with E-state index in [-0.39, 0.29) is 29.0 Å².